The van der Waals surface area contributed by atoms with E-state index in [2.05, 4.69) is 24.2 Å². The zero-order valence-electron chi connectivity index (χ0n) is 16.8. The molecule has 0 saturated heterocycles. The largest absolute Gasteiger partial charge is 0.311 e. The van der Waals surface area contributed by atoms with Gasteiger partial charge in [0, 0.05) is 41.3 Å². The predicted octanol–water partition coefficient (Wildman–Crippen LogP) is 5.52. The summed E-state index contributed by atoms with van der Waals surface area (Å²) in [5, 5.41) is 0. The fourth-order valence-corrected chi connectivity index (χ4v) is 4.09. The molecule has 0 aliphatic rings. The fourth-order valence-electron chi connectivity index (χ4n) is 3.31. The molecule has 5 heteroatoms. The second-order valence-corrected chi connectivity index (χ2v) is 8.14. The molecule has 0 aliphatic carbocycles. The summed E-state index contributed by atoms with van der Waals surface area (Å²) in [6.07, 6.45) is 4.06. The number of rotatable bonds is 5. The van der Waals surface area contributed by atoms with Gasteiger partial charge in [-0.25, -0.2) is 4.98 Å². The van der Waals surface area contributed by atoms with Crippen molar-refractivity contribution in [2.24, 2.45) is 0 Å². The second-order valence-electron chi connectivity index (χ2n) is 7.09. The van der Waals surface area contributed by atoms with Crippen molar-refractivity contribution in [2.75, 3.05) is 11.9 Å². The van der Waals surface area contributed by atoms with Gasteiger partial charge in [-0.2, -0.15) is 0 Å². The van der Waals surface area contributed by atoms with E-state index in [1.54, 1.807) is 16.7 Å². The molecule has 0 spiro atoms. The SMILES string of the molecule is Cc1cccc(N(C)C(=O)c2ccc(SCc3cn4ccccc4n3)cc2)c1C. The third kappa shape index (κ3) is 4.05. The molecule has 0 N–H and O–H groups in total. The van der Waals surface area contributed by atoms with Gasteiger partial charge in [-0.3, -0.25) is 4.79 Å². The summed E-state index contributed by atoms with van der Waals surface area (Å²) in [6.45, 7) is 4.11. The number of pyridine rings is 1. The van der Waals surface area contributed by atoms with E-state index in [1.807, 2.05) is 79.2 Å². The first-order chi connectivity index (χ1) is 14.0. The van der Waals surface area contributed by atoms with E-state index in [0.29, 0.717) is 5.56 Å². The number of hydrogen-bond acceptors (Lipinski definition) is 3. The van der Waals surface area contributed by atoms with Crippen LogP contribution < -0.4 is 4.90 Å². The van der Waals surface area contributed by atoms with Crippen LogP contribution in [0.3, 0.4) is 0 Å². The van der Waals surface area contributed by atoms with Gasteiger partial charge in [-0.15, -0.1) is 11.8 Å². The quantitative estimate of drug-likeness (QED) is 0.413. The monoisotopic (exact) mass is 401 g/mol. The lowest BCUT2D eigenvalue weighted by molar-refractivity contribution is 0.0993. The molecule has 0 unspecified atom stereocenters. The molecule has 4 aromatic rings. The lowest BCUT2D eigenvalue weighted by atomic mass is 10.1. The number of aromatic nitrogens is 2. The fraction of sp³-hybridized carbons (Fsp3) is 0.167. The number of anilines is 1. The first-order valence-corrected chi connectivity index (χ1v) is 10.5. The summed E-state index contributed by atoms with van der Waals surface area (Å²) in [6, 6.07) is 19.8. The normalized spacial score (nSPS) is 11.0. The molecule has 2 aromatic heterocycles. The Labute approximate surface area is 175 Å². The van der Waals surface area contributed by atoms with Crippen LogP contribution >= 0.6 is 11.8 Å². The Hall–Kier alpha value is -3.05. The number of carbonyl (C=O) groups is 1. The molecule has 0 bridgehead atoms. The first-order valence-electron chi connectivity index (χ1n) is 9.52. The standard InChI is InChI=1S/C24H23N3OS/c1-17-7-6-8-22(18(17)2)26(3)24(28)19-10-12-21(13-11-19)29-16-20-15-27-14-5-4-9-23(27)25-20/h4-15H,16H2,1-3H3. The molecule has 0 saturated carbocycles. The number of hydrogen-bond donors (Lipinski definition) is 0. The molecular formula is C24H23N3OS. The van der Waals surface area contributed by atoms with Gasteiger partial charge in [0.25, 0.3) is 5.91 Å². The molecule has 146 valence electrons. The smallest absolute Gasteiger partial charge is 0.258 e. The average molecular weight is 402 g/mol. The Morgan fingerprint density at radius 1 is 1.03 bits per heavy atom. The van der Waals surface area contributed by atoms with Crippen molar-refractivity contribution in [3.63, 3.8) is 0 Å². The molecule has 1 amide bonds. The van der Waals surface area contributed by atoms with Crippen LogP contribution in [-0.4, -0.2) is 22.3 Å². The van der Waals surface area contributed by atoms with Crippen molar-refractivity contribution >= 4 is 29.0 Å². The van der Waals surface area contributed by atoms with Gasteiger partial charge in [0.2, 0.25) is 0 Å². The van der Waals surface area contributed by atoms with E-state index in [0.717, 1.165) is 33.2 Å². The highest BCUT2D eigenvalue weighted by Gasteiger charge is 2.16. The van der Waals surface area contributed by atoms with Crippen molar-refractivity contribution in [3.05, 3.63) is 95.4 Å². The van der Waals surface area contributed by atoms with E-state index < -0.39 is 0 Å². The molecule has 2 aromatic carbocycles. The zero-order valence-corrected chi connectivity index (χ0v) is 17.6. The summed E-state index contributed by atoms with van der Waals surface area (Å²) >= 11 is 1.72. The first kappa shape index (κ1) is 19.3. The molecule has 0 atom stereocenters. The van der Waals surface area contributed by atoms with E-state index in [9.17, 15) is 4.79 Å². The molecule has 29 heavy (non-hydrogen) atoms. The molecule has 0 radical (unpaired) electrons. The molecular weight excluding hydrogens is 378 g/mol. The Kier molecular flexibility index (Phi) is 5.41. The number of thioether (sulfide) groups is 1. The van der Waals surface area contributed by atoms with Crippen LogP contribution in [0.2, 0.25) is 0 Å². The molecule has 4 rings (SSSR count). The summed E-state index contributed by atoms with van der Waals surface area (Å²) in [4.78, 5) is 20.4. The molecule has 4 nitrogen and oxygen atoms in total. The van der Waals surface area contributed by atoms with Crippen molar-refractivity contribution in [1.29, 1.82) is 0 Å². The van der Waals surface area contributed by atoms with Crippen LogP contribution in [0.15, 0.2) is 78.0 Å². The number of benzene rings is 2. The highest BCUT2D eigenvalue weighted by Crippen LogP contribution is 2.26. The minimum atomic E-state index is -0.00407. The van der Waals surface area contributed by atoms with Crippen molar-refractivity contribution in [2.45, 2.75) is 24.5 Å². The van der Waals surface area contributed by atoms with Crippen LogP contribution in [0.25, 0.3) is 5.65 Å². The van der Waals surface area contributed by atoms with Crippen LogP contribution in [0.1, 0.15) is 27.2 Å². The highest BCUT2D eigenvalue weighted by molar-refractivity contribution is 7.98. The summed E-state index contributed by atoms with van der Waals surface area (Å²) in [5.41, 5.74) is 5.93. The van der Waals surface area contributed by atoms with Crippen molar-refractivity contribution in [1.82, 2.24) is 9.38 Å². The number of fused-ring (bicyclic) bond motifs is 1. The van der Waals surface area contributed by atoms with E-state index in [-0.39, 0.29) is 5.91 Å². The molecule has 0 fully saturated rings. The van der Waals surface area contributed by atoms with E-state index in [4.69, 9.17) is 0 Å². The summed E-state index contributed by atoms with van der Waals surface area (Å²) < 4.78 is 2.03. The number of imidazole rings is 1. The van der Waals surface area contributed by atoms with Crippen molar-refractivity contribution in [3.8, 4) is 0 Å². The van der Waals surface area contributed by atoms with Gasteiger partial charge in [-0.05, 0) is 67.4 Å². The Bertz CT molecular complexity index is 1130. The minimum Gasteiger partial charge on any atom is -0.311 e. The van der Waals surface area contributed by atoms with Gasteiger partial charge in [0.1, 0.15) is 5.65 Å². The van der Waals surface area contributed by atoms with Crippen molar-refractivity contribution < 1.29 is 4.79 Å². The van der Waals surface area contributed by atoms with Gasteiger partial charge in [0.15, 0.2) is 0 Å². The highest BCUT2D eigenvalue weighted by atomic mass is 32.2. The molecule has 0 aliphatic heterocycles. The lowest BCUT2D eigenvalue weighted by Crippen LogP contribution is -2.27. The van der Waals surface area contributed by atoms with Crippen LogP contribution in [0.5, 0.6) is 0 Å². The lowest BCUT2D eigenvalue weighted by Gasteiger charge is -2.20. The number of amides is 1. The number of nitrogens with zero attached hydrogens (tertiary/aromatic N) is 3. The average Bonchev–Trinajstić information content (AvgIpc) is 3.16. The Morgan fingerprint density at radius 3 is 2.59 bits per heavy atom. The topological polar surface area (TPSA) is 37.6 Å². The number of carbonyl (C=O) groups excluding carboxylic acids is 1. The number of aryl methyl sites for hydroxylation is 1. The maximum absolute atomic E-state index is 12.9. The second kappa shape index (κ2) is 8.13. The maximum atomic E-state index is 12.9. The third-order valence-electron chi connectivity index (χ3n) is 5.14. The molecule has 2 heterocycles. The summed E-state index contributed by atoms with van der Waals surface area (Å²) in [7, 11) is 1.83. The van der Waals surface area contributed by atoms with Gasteiger partial charge in [0.05, 0.1) is 5.69 Å². The van der Waals surface area contributed by atoms with Gasteiger partial charge < -0.3 is 9.30 Å². The summed E-state index contributed by atoms with van der Waals surface area (Å²) in [5.74, 6) is 0.785. The Morgan fingerprint density at radius 2 is 1.83 bits per heavy atom. The Balaban J connectivity index is 1.44. The predicted molar refractivity (Wildman–Crippen MR) is 120 cm³/mol. The van der Waals surface area contributed by atoms with Gasteiger partial charge in [-0.1, -0.05) is 18.2 Å². The van der Waals surface area contributed by atoms with Crippen LogP contribution in [0.4, 0.5) is 5.69 Å². The minimum absolute atomic E-state index is 0.00407. The maximum Gasteiger partial charge on any atom is 0.258 e. The van der Waals surface area contributed by atoms with Gasteiger partial charge >= 0.3 is 0 Å². The van der Waals surface area contributed by atoms with E-state index in [1.165, 1.54) is 5.56 Å². The third-order valence-corrected chi connectivity index (χ3v) is 6.19. The van der Waals surface area contributed by atoms with E-state index >= 15 is 0 Å². The van der Waals surface area contributed by atoms with Crippen LogP contribution in [0, 0.1) is 13.8 Å². The zero-order chi connectivity index (χ0) is 20.4. The van der Waals surface area contributed by atoms with Crippen LogP contribution in [-0.2, 0) is 5.75 Å².